The number of fused-ring (bicyclic) bond motifs is 1. The highest BCUT2D eigenvalue weighted by Gasteiger charge is 2.41. The van der Waals surface area contributed by atoms with E-state index in [0.29, 0.717) is 21.7 Å². The van der Waals surface area contributed by atoms with Crippen LogP contribution in [0.15, 0.2) is 11.1 Å². The topological polar surface area (TPSA) is 110 Å². The van der Waals surface area contributed by atoms with Gasteiger partial charge in [-0.2, -0.15) is 0 Å². The van der Waals surface area contributed by atoms with E-state index in [4.69, 9.17) is 5.73 Å². The average Bonchev–Trinajstić information content (AvgIpc) is 2.73. The van der Waals surface area contributed by atoms with Crippen molar-refractivity contribution in [3.63, 3.8) is 0 Å². The normalized spacial score (nSPS) is 26.6. The summed E-state index contributed by atoms with van der Waals surface area (Å²) in [6, 6.07) is 0.0911. The minimum Gasteiger partial charge on any atom is -0.396 e. The van der Waals surface area contributed by atoms with E-state index in [1.54, 1.807) is 6.33 Å². The van der Waals surface area contributed by atoms with Crippen LogP contribution < -0.4 is 5.73 Å². The molecule has 0 aliphatic heterocycles. The standard InChI is InChI=1S/C11H14BrN5O2/c12-11-15-9(13)8-10(16-11)17(4-14-8)7-1-5(2-18)6(7)3-19/h4-7,18-19H,1-3H2,(H2,13,15,16)/t5-,6-,7-/m1/s1. The van der Waals surface area contributed by atoms with Crippen molar-refractivity contribution in [3.8, 4) is 0 Å². The van der Waals surface area contributed by atoms with Gasteiger partial charge in [0.05, 0.1) is 6.33 Å². The summed E-state index contributed by atoms with van der Waals surface area (Å²) in [5, 5.41) is 18.6. The van der Waals surface area contributed by atoms with Crippen molar-refractivity contribution < 1.29 is 10.2 Å². The molecule has 0 saturated heterocycles. The van der Waals surface area contributed by atoms with Crippen molar-refractivity contribution in [2.24, 2.45) is 11.8 Å². The fourth-order valence-corrected chi connectivity index (χ4v) is 3.09. The van der Waals surface area contributed by atoms with Crippen molar-refractivity contribution in [1.82, 2.24) is 19.5 Å². The predicted octanol–water partition coefficient (Wildman–Crippen LogP) is 0.333. The minimum absolute atomic E-state index is 0.0253. The molecule has 0 unspecified atom stereocenters. The first-order chi connectivity index (χ1) is 9.15. The first kappa shape index (κ1) is 12.8. The van der Waals surface area contributed by atoms with Crippen molar-refractivity contribution in [3.05, 3.63) is 11.1 Å². The Labute approximate surface area is 117 Å². The smallest absolute Gasteiger partial charge is 0.200 e. The lowest BCUT2D eigenvalue weighted by Crippen LogP contribution is -2.42. The Balaban J connectivity index is 2.02. The number of aromatic nitrogens is 4. The highest BCUT2D eigenvalue weighted by molar-refractivity contribution is 9.10. The van der Waals surface area contributed by atoms with Crippen LogP contribution in [-0.2, 0) is 0 Å². The zero-order chi connectivity index (χ0) is 13.6. The number of hydrogen-bond donors (Lipinski definition) is 3. The molecule has 2 aromatic rings. The second kappa shape index (κ2) is 4.69. The van der Waals surface area contributed by atoms with Gasteiger partial charge in [-0.3, -0.25) is 0 Å². The van der Waals surface area contributed by atoms with Gasteiger partial charge in [0.1, 0.15) is 5.52 Å². The number of nitrogens with zero attached hydrogens (tertiary/aromatic N) is 4. The minimum atomic E-state index is 0.0253. The van der Waals surface area contributed by atoms with Gasteiger partial charge in [-0.15, -0.1) is 0 Å². The van der Waals surface area contributed by atoms with Crippen LogP contribution in [0.1, 0.15) is 12.5 Å². The number of aliphatic hydroxyl groups is 2. The van der Waals surface area contributed by atoms with Crippen molar-refractivity contribution in [2.75, 3.05) is 18.9 Å². The summed E-state index contributed by atoms with van der Waals surface area (Å²) in [6.45, 7) is 0.131. The Kier molecular flexibility index (Phi) is 3.15. The maximum atomic E-state index is 9.43. The van der Waals surface area contributed by atoms with Gasteiger partial charge >= 0.3 is 0 Å². The second-order valence-electron chi connectivity index (χ2n) is 4.79. The molecule has 1 aliphatic rings. The molecule has 0 amide bonds. The van der Waals surface area contributed by atoms with Gasteiger partial charge in [-0.1, -0.05) is 0 Å². The number of rotatable bonds is 3. The van der Waals surface area contributed by atoms with Gasteiger partial charge in [0.15, 0.2) is 11.5 Å². The maximum absolute atomic E-state index is 9.43. The van der Waals surface area contributed by atoms with E-state index >= 15 is 0 Å². The van der Waals surface area contributed by atoms with Gasteiger partial charge in [-0.05, 0) is 28.3 Å². The van der Waals surface area contributed by atoms with Crippen LogP contribution in [0.2, 0.25) is 0 Å². The van der Waals surface area contributed by atoms with E-state index in [0.717, 1.165) is 6.42 Å². The van der Waals surface area contributed by atoms with Gasteiger partial charge in [0, 0.05) is 25.2 Å². The molecule has 102 valence electrons. The summed E-state index contributed by atoms with van der Waals surface area (Å²) in [4.78, 5) is 12.5. The molecule has 2 aromatic heterocycles. The van der Waals surface area contributed by atoms with Crippen molar-refractivity contribution in [1.29, 1.82) is 0 Å². The molecule has 0 bridgehead atoms. The van der Waals surface area contributed by atoms with Crippen LogP contribution in [-0.4, -0.2) is 42.9 Å². The number of hydrogen-bond acceptors (Lipinski definition) is 6. The van der Waals surface area contributed by atoms with E-state index in [9.17, 15) is 10.2 Å². The first-order valence-electron chi connectivity index (χ1n) is 6.03. The summed E-state index contributed by atoms with van der Waals surface area (Å²) in [5.41, 5.74) is 7.02. The number of imidazole rings is 1. The monoisotopic (exact) mass is 327 g/mol. The van der Waals surface area contributed by atoms with E-state index in [1.807, 2.05) is 4.57 Å². The number of halogens is 1. The first-order valence-corrected chi connectivity index (χ1v) is 6.82. The van der Waals surface area contributed by atoms with Crippen LogP contribution >= 0.6 is 15.9 Å². The zero-order valence-electron chi connectivity index (χ0n) is 10.1. The lowest BCUT2D eigenvalue weighted by molar-refractivity contribution is -0.00529. The van der Waals surface area contributed by atoms with Crippen LogP contribution in [0.5, 0.6) is 0 Å². The maximum Gasteiger partial charge on any atom is 0.200 e. The molecule has 1 aliphatic carbocycles. The number of aliphatic hydroxyl groups excluding tert-OH is 2. The third kappa shape index (κ3) is 1.90. The molecule has 3 rings (SSSR count). The average molecular weight is 328 g/mol. The second-order valence-corrected chi connectivity index (χ2v) is 5.50. The summed E-state index contributed by atoms with van der Waals surface area (Å²) >= 11 is 3.22. The van der Waals surface area contributed by atoms with Gasteiger partial charge in [0.25, 0.3) is 0 Å². The van der Waals surface area contributed by atoms with E-state index in [1.165, 1.54) is 0 Å². The Morgan fingerprint density at radius 3 is 2.84 bits per heavy atom. The van der Waals surface area contributed by atoms with Gasteiger partial charge in [0.2, 0.25) is 4.73 Å². The molecule has 3 atom stereocenters. The molecule has 1 saturated carbocycles. The third-order valence-electron chi connectivity index (χ3n) is 3.87. The Morgan fingerprint density at radius 2 is 2.16 bits per heavy atom. The lowest BCUT2D eigenvalue weighted by Gasteiger charge is -2.43. The summed E-state index contributed by atoms with van der Waals surface area (Å²) < 4.78 is 2.32. The van der Waals surface area contributed by atoms with Crippen molar-refractivity contribution in [2.45, 2.75) is 12.5 Å². The highest BCUT2D eigenvalue weighted by atomic mass is 79.9. The fourth-order valence-electron chi connectivity index (χ4n) is 2.73. The largest absolute Gasteiger partial charge is 0.396 e. The molecule has 0 radical (unpaired) electrons. The zero-order valence-corrected chi connectivity index (χ0v) is 11.7. The molecule has 8 heteroatoms. The number of nitrogen functional groups attached to an aromatic ring is 1. The van der Waals surface area contributed by atoms with Crippen LogP contribution in [0.25, 0.3) is 11.2 Å². The van der Waals surface area contributed by atoms with E-state index in [-0.39, 0.29) is 31.1 Å². The molecule has 4 N–H and O–H groups in total. The SMILES string of the molecule is Nc1nc(Br)nc2c1ncn2[C@@H]1C[C@H](CO)[C@H]1CO. The Bertz CT molecular complexity index is 616. The molecule has 7 nitrogen and oxygen atoms in total. The third-order valence-corrected chi connectivity index (χ3v) is 4.22. The Hall–Kier alpha value is -1.25. The van der Waals surface area contributed by atoms with Gasteiger partial charge in [-0.25, -0.2) is 15.0 Å². The van der Waals surface area contributed by atoms with Crippen LogP contribution in [0.3, 0.4) is 0 Å². The molecule has 19 heavy (non-hydrogen) atoms. The summed E-state index contributed by atoms with van der Waals surface area (Å²) in [7, 11) is 0. The van der Waals surface area contributed by atoms with Crippen LogP contribution in [0.4, 0.5) is 5.82 Å². The molecular formula is C11H14BrN5O2. The van der Waals surface area contributed by atoms with Gasteiger partial charge < -0.3 is 20.5 Å². The molecule has 2 heterocycles. The molecule has 0 spiro atoms. The van der Waals surface area contributed by atoms with E-state index < -0.39 is 0 Å². The van der Waals surface area contributed by atoms with E-state index in [2.05, 4.69) is 30.9 Å². The molecular weight excluding hydrogens is 314 g/mol. The fraction of sp³-hybridized carbons (Fsp3) is 0.545. The quantitative estimate of drug-likeness (QED) is 0.701. The summed E-state index contributed by atoms with van der Waals surface area (Å²) in [5.74, 6) is 0.488. The summed E-state index contributed by atoms with van der Waals surface area (Å²) in [6.07, 6.45) is 2.47. The number of anilines is 1. The predicted molar refractivity (Wildman–Crippen MR) is 72.2 cm³/mol. The highest BCUT2D eigenvalue weighted by Crippen LogP contribution is 2.44. The number of nitrogens with two attached hydrogens (primary N) is 1. The lowest BCUT2D eigenvalue weighted by atomic mass is 9.70. The van der Waals surface area contributed by atoms with Crippen molar-refractivity contribution >= 4 is 32.9 Å². The Morgan fingerprint density at radius 1 is 1.37 bits per heavy atom. The molecule has 1 fully saturated rings. The van der Waals surface area contributed by atoms with Crippen LogP contribution in [0, 0.1) is 11.8 Å². The molecule has 0 aromatic carbocycles.